The molecule has 1 fully saturated rings. The van der Waals surface area contributed by atoms with Crippen molar-refractivity contribution in [3.8, 4) is 5.75 Å². The Morgan fingerprint density at radius 2 is 2.17 bits per heavy atom. The summed E-state index contributed by atoms with van der Waals surface area (Å²) in [5.74, 6) is 1.77. The monoisotopic (exact) mass is 247 g/mol. The molecule has 0 heterocycles. The molecular weight excluding hydrogens is 222 g/mol. The zero-order valence-electron chi connectivity index (χ0n) is 12.2. The van der Waals surface area contributed by atoms with Crippen LogP contribution in [0.5, 0.6) is 5.75 Å². The van der Waals surface area contributed by atoms with Gasteiger partial charge in [-0.25, -0.2) is 0 Å². The minimum atomic E-state index is 0.291. The van der Waals surface area contributed by atoms with Crippen molar-refractivity contribution in [3.63, 3.8) is 0 Å². The molecule has 0 aromatic heterocycles. The SMILES string of the molecule is COc1ccc(C)cc1C1(C)CC1CNC(C)C. The van der Waals surface area contributed by atoms with E-state index in [1.807, 2.05) is 0 Å². The Bertz CT molecular complexity index is 427. The maximum absolute atomic E-state index is 5.52. The Kier molecular flexibility index (Phi) is 3.67. The third-order valence-electron chi connectivity index (χ3n) is 4.15. The molecule has 1 aliphatic rings. The highest BCUT2D eigenvalue weighted by Crippen LogP contribution is 2.56. The summed E-state index contributed by atoms with van der Waals surface area (Å²) in [5.41, 5.74) is 2.98. The van der Waals surface area contributed by atoms with Crippen LogP contribution in [0.25, 0.3) is 0 Å². The van der Waals surface area contributed by atoms with Gasteiger partial charge in [0, 0.05) is 17.0 Å². The zero-order chi connectivity index (χ0) is 13.3. The van der Waals surface area contributed by atoms with Crippen molar-refractivity contribution in [1.82, 2.24) is 5.32 Å². The summed E-state index contributed by atoms with van der Waals surface area (Å²) in [5, 5.41) is 3.54. The third-order valence-corrected chi connectivity index (χ3v) is 4.15. The zero-order valence-corrected chi connectivity index (χ0v) is 12.2. The summed E-state index contributed by atoms with van der Waals surface area (Å²) in [4.78, 5) is 0. The van der Waals surface area contributed by atoms with Crippen LogP contribution in [0.3, 0.4) is 0 Å². The number of rotatable bonds is 5. The molecule has 0 spiro atoms. The van der Waals surface area contributed by atoms with Gasteiger partial charge in [0.1, 0.15) is 5.75 Å². The molecule has 0 aliphatic heterocycles. The van der Waals surface area contributed by atoms with Gasteiger partial charge in [0.05, 0.1) is 7.11 Å². The van der Waals surface area contributed by atoms with E-state index in [1.54, 1.807) is 7.11 Å². The largest absolute Gasteiger partial charge is 0.496 e. The Labute approximate surface area is 111 Å². The van der Waals surface area contributed by atoms with Gasteiger partial charge in [-0.05, 0) is 31.9 Å². The van der Waals surface area contributed by atoms with Gasteiger partial charge in [-0.15, -0.1) is 0 Å². The van der Waals surface area contributed by atoms with E-state index in [1.165, 1.54) is 17.5 Å². The van der Waals surface area contributed by atoms with Crippen LogP contribution in [0.2, 0.25) is 0 Å². The Hall–Kier alpha value is -1.02. The standard InChI is InChI=1S/C16H25NO/c1-11(2)17-10-13-9-16(13,4)14-8-12(3)6-7-15(14)18-5/h6-8,11,13,17H,9-10H2,1-5H3. The van der Waals surface area contributed by atoms with Crippen molar-refractivity contribution in [1.29, 1.82) is 0 Å². The van der Waals surface area contributed by atoms with E-state index in [0.29, 0.717) is 11.5 Å². The number of benzene rings is 1. The summed E-state index contributed by atoms with van der Waals surface area (Å²) in [7, 11) is 1.77. The second-order valence-electron chi connectivity index (χ2n) is 6.09. The van der Waals surface area contributed by atoms with E-state index in [2.05, 4.69) is 51.2 Å². The van der Waals surface area contributed by atoms with Gasteiger partial charge in [0.2, 0.25) is 0 Å². The van der Waals surface area contributed by atoms with Crippen LogP contribution in [0.1, 0.15) is 38.3 Å². The maximum atomic E-state index is 5.52. The Morgan fingerprint density at radius 1 is 1.44 bits per heavy atom. The van der Waals surface area contributed by atoms with Gasteiger partial charge in [-0.1, -0.05) is 38.5 Å². The summed E-state index contributed by atoms with van der Waals surface area (Å²) < 4.78 is 5.52. The van der Waals surface area contributed by atoms with Crippen LogP contribution in [0.15, 0.2) is 18.2 Å². The summed E-state index contributed by atoms with van der Waals surface area (Å²) in [6.45, 7) is 10.0. The molecule has 1 aromatic rings. The normalized spacial score (nSPS) is 26.4. The van der Waals surface area contributed by atoms with Gasteiger partial charge < -0.3 is 10.1 Å². The lowest BCUT2D eigenvalue weighted by Crippen LogP contribution is -2.27. The average Bonchev–Trinajstić information content (AvgIpc) is 2.99. The molecule has 0 saturated heterocycles. The molecule has 2 heteroatoms. The predicted octanol–water partition coefficient (Wildman–Crippen LogP) is 3.28. The second kappa shape index (κ2) is 4.93. The lowest BCUT2D eigenvalue weighted by molar-refractivity contribution is 0.402. The maximum Gasteiger partial charge on any atom is 0.122 e. The van der Waals surface area contributed by atoms with Crippen LogP contribution < -0.4 is 10.1 Å². The van der Waals surface area contributed by atoms with Crippen molar-refractivity contribution in [2.75, 3.05) is 13.7 Å². The fraction of sp³-hybridized carbons (Fsp3) is 0.625. The quantitative estimate of drug-likeness (QED) is 0.862. The molecule has 18 heavy (non-hydrogen) atoms. The highest BCUT2D eigenvalue weighted by molar-refractivity contribution is 5.46. The van der Waals surface area contributed by atoms with E-state index in [-0.39, 0.29) is 0 Å². The number of nitrogens with one attached hydrogen (secondary N) is 1. The highest BCUT2D eigenvalue weighted by atomic mass is 16.5. The first kappa shape index (κ1) is 13.4. The van der Waals surface area contributed by atoms with Gasteiger partial charge in [0.25, 0.3) is 0 Å². The molecule has 2 nitrogen and oxygen atoms in total. The predicted molar refractivity (Wildman–Crippen MR) is 76.3 cm³/mol. The van der Waals surface area contributed by atoms with Gasteiger partial charge in [-0.3, -0.25) is 0 Å². The number of hydrogen-bond acceptors (Lipinski definition) is 2. The molecule has 2 unspecified atom stereocenters. The van der Waals surface area contributed by atoms with E-state index in [9.17, 15) is 0 Å². The highest BCUT2D eigenvalue weighted by Gasteiger charge is 2.52. The Balaban J connectivity index is 2.15. The number of aryl methyl sites for hydroxylation is 1. The van der Waals surface area contributed by atoms with Crippen molar-refractivity contribution >= 4 is 0 Å². The number of hydrogen-bond donors (Lipinski definition) is 1. The van der Waals surface area contributed by atoms with Crippen molar-refractivity contribution in [2.45, 2.75) is 45.6 Å². The van der Waals surface area contributed by atoms with Crippen LogP contribution >= 0.6 is 0 Å². The molecular formula is C16H25NO. The number of methoxy groups -OCH3 is 1. The van der Waals surface area contributed by atoms with Crippen LogP contribution in [-0.2, 0) is 5.41 Å². The summed E-state index contributed by atoms with van der Waals surface area (Å²) in [6.07, 6.45) is 1.26. The minimum absolute atomic E-state index is 0.291. The smallest absolute Gasteiger partial charge is 0.122 e. The fourth-order valence-electron chi connectivity index (χ4n) is 2.73. The molecule has 100 valence electrons. The van der Waals surface area contributed by atoms with E-state index in [0.717, 1.165) is 18.2 Å². The lowest BCUT2D eigenvalue weighted by Gasteiger charge is -2.18. The topological polar surface area (TPSA) is 21.3 Å². The average molecular weight is 247 g/mol. The first-order valence-corrected chi connectivity index (χ1v) is 6.86. The molecule has 1 aromatic carbocycles. The van der Waals surface area contributed by atoms with Gasteiger partial charge >= 0.3 is 0 Å². The number of ether oxygens (including phenoxy) is 1. The first-order chi connectivity index (χ1) is 8.47. The van der Waals surface area contributed by atoms with Crippen molar-refractivity contribution in [3.05, 3.63) is 29.3 Å². The fourth-order valence-corrected chi connectivity index (χ4v) is 2.73. The van der Waals surface area contributed by atoms with Gasteiger partial charge in [0.15, 0.2) is 0 Å². The summed E-state index contributed by atoms with van der Waals surface area (Å²) >= 11 is 0. The molecule has 1 N–H and O–H groups in total. The van der Waals surface area contributed by atoms with E-state index >= 15 is 0 Å². The van der Waals surface area contributed by atoms with Crippen LogP contribution in [0, 0.1) is 12.8 Å². The third kappa shape index (κ3) is 2.54. The minimum Gasteiger partial charge on any atom is -0.496 e. The molecule has 2 rings (SSSR count). The molecule has 1 aliphatic carbocycles. The lowest BCUT2D eigenvalue weighted by atomic mass is 9.93. The molecule has 0 amide bonds. The summed E-state index contributed by atoms with van der Waals surface area (Å²) in [6, 6.07) is 7.07. The van der Waals surface area contributed by atoms with Crippen molar-refractivity contribution < 1.29 is 4.74 Å². The first-order valence-electron chi connectivity index (χ1n) is 6.86. The van der Waals surface area contributed by atoms with Crippen molar-refractivity contribution in [2.24, 2.45) is 5.92 Å². The molecule has 2 atom stereocenters. The molecule has 0 radical (unpaired) electrons. The second-order valence-corrected chi connectivity index (χ2v) is 6.09. The van der Waals surface area contributed by atoms with Gasteiger partial charge in [-0.2, -0.15) is 0 Å². The van der Waals surface area contributed by atoms with Crippen LogP contribution in [0.4, 0.5) is 0 Å². The van der Waals surface area contributed by atoms with E-state index in [4.69, 9.17) is 4.74 Å². The molecule has 0 bridgehead atoms. The van der Waals surface area contributed by atoms with E-state index < -0.39 is 0 Å². The molecule has 1 saturated carbocycles. The Morgan fingerprint density at radius 3 is 2.78 bits per heavy atom. The van der Waals surface area contributed by atoms with Crippen LogP contribution in [-0.4, -0.2) is 19.7 Å².